The van der Waals surface area contributed by atoms with Gasteiger partial charge in [0.1, 0.15) is 0 Å². The van der Waals surface area contributed by atoms with E-state index < -0.39 is 0 Å². The highest BCUT2D eigenvalue weighted by Gasteiger charge is 2.13. The zero-order valence-corrected chi connectivity index (χ0v) is 14.4. The summed E-state index contributed by atoms with van der Waals surface area (Å²) < 4.78 is 0. The Kier molecular flexibility index (Phi) is 11.4. The largest absolute Gasteiger partial charge is 0.304 e. The van der Waals surface area contributed by atoms with Crippen molar-refractivity contribution in [2.45, 2.75) is 47.6 Å². The molecule has 0 aromatic heterocycles. The van der Waals surface area contributed by atoms with Gasteiger partial charge in [0, 0.05) is 32.7 Å². The van der Waals surface area contributed by atoms with Crippen molar-refractivity contribution in [3.05, 3.63) is 35.4 Å². The van der Waals surface area contributed by atoms with Crippen molar-refractivity contribution in [2.75, 3.05) is 33.2 Å². The second-order valence-corrected chi connectivity index (χ2v) is 4.75. The van der Waals surface area contributed by atoms with Crippen molar-refractivity contribution >= 4 is 0 Å². The van der Waals surface area contributed by atoms with E-state index in [1.165, 1.54) is 37.3 Å². The molecular weight excluding hydrogens is 244 g/mol. The monoisotopic (exact) mass is 278 g/mol. The molecule has 116 valence electrons. The summed E-state index contributed by atoms with van der Waals surface area (Å²) in [5, 5.41) is 0. The number of nitrogens with zero attached hydrogens (tertiary/aromatic N) is 2. The maximum atomic E-state index is 2.54. The summed E-state index contributed by atoms with van der Waals surface area (Å²) in [5.41, 5.74) is 2.88. The van der Waals surface area contributed by atoms with Crippen LogP contribution in [-0.2, 0) is 13.0 Å². The van der Waals surface area contributed by atoms with Crippen molar-refractivity contribution in [1.29, 1.82) is 0 Å². The van der Waals surface area contributed by atoms with Crippen LogP contribution < -0.4 is 0 Å². The van der Waals surface area contributed by atoms with Gasteiger partial charge in [-0.05, 0) is 24.6 Å². The van der Waals surface area contributed by atoms with Gasteiger partial charge in [0.25, 0.3) is 0 Å². The highest BCUT2D eigenvalue weighted by atomic mass is 15.2. The first-order chi connectivity index (χ1) is 9.78. The fourth-order valence-corrected chi connectivity index (χ4v) is 2.14. The van der Waals surface area contributed by atoms with Crippen molar-refractivity contribution in [2.24, 2.45) is 0 Å². The molecular formula is C18H34N2. The molecule has 1 fully saturated rings. The minimum atomic E-state index is 1.11. The molecule has 0 radical (unpaired) electrons. The number of benzene rings is 1. The Morgan fingerprint density at radius 3 is 1.70 bits per heavy atom. The maximum Gasteiger partial charge on any atom is 0.0234 e. The molecule has 0 spiro atoms. The van der Waals surface area contributed by atoms with Gasteiger partial charge in [-0.2, -0.15) is 0 Å². The molecule has 0 unspecified atom stereocenters. The summed E-state index contributed by atoms with van der Waals surface area (Å²) in [6.07, 6.45) is 1.13. The second-order valence-electron chi connectivity index (χ2n) is 4.75. The van der Waals surface area contributed by atoms with Crippen molar-refractivity contribution in [1.82, 2.24) is 9.80 Å². The van der Waals surface area contributed by atoms with Gasteiger partial charge in [-0.3, -0.25) is 4.90 Å². The lowest BCUT2D eigenvalue weighted by atomic mass is 10.1. The summed E-state index contributed by atoms with van der Waals surface area (Å²) in [4.78, 5) is 4.94. The van der Waals surface area contributed by atoms with Gasteiger partial charge < -0.3 is 4.90 Å². The Morgan fingerprint density at radius 1 is 0.800 bits per heavy atom. The van der Waals surface area contributed by atoms with Crippen molar-refractivity contribution in [3.8, 4) is 0 Å². The van der Waals surface area contributed by atoms with Gasteiger partial charge in [-0.25, -0.2) is 0 Å². The molecule has 1 saturated heterocycles. The first-order valence-corrected chi connectivity index (χ1v) is 8.26. The second kappa shape index (κ2) is 11.9. The van der Waals surface area contributed by atoms with E-state index in [1.807, 2.05) is 27.7 Å². The Morgan fingerprint density at radius 2 is 1.25 bits per heavy atom. The lowest BCUT2D eigenvalue weighted by Crippen LogP contribution is -2.43. The van der Waals surface area contributed by atoms with E-state index in [2.05, 4.69) is 48.0 Å². The van der Waals surface area contributed by atoms with E-state index >= 15 is 0 Å². The molecule has 1 aliphatic rings. The molecule has 0 amide bonds. The van der Waals surface area contributed by atoms with Crippen LogP contribution >= 0.6 is 0 Å². The SMILES string of the molecule is CC.CC.CCc1ccc(CN2CCN(C)CC2)cc1. The summed E-state index contributed by atoms with van der Waals surface area (Å²) in [7, 11) is 2.20. The molecule has 0 bridgehead atoms. The third-order valence-electron chi connectivity index (χ3n) is 3.43. The average Bonchev–Trinajstić information content (AvgIpc) is 2.54. The van der Waals surface area contributed by atoms with Crippen LogP contribution in [0.1, 0.15) is 45.7 Å². The van der Waals surface area contributed by atoms with Crippen LogP contribution in [0.5, 0.6) is 0 Å². The Bertz CT molecular complexity index is 311. The molecule has 0 N–H and O–H groups in total. The molecule has 1 aromatic carbocycles. The maximum absolute atomic E-state index is 2.54. The van der Waals surface area contributed by atoms with Gasteiger partial charge in [-0.15, -0.1) is 0 Å². The number of rotatable bonds is 3. The average molecular weight is 278 g/mol. The molecule has 20 heavy (non-hydrogen) atoms. The Balaban J connectivity index is 0.000000829. The summed E-state index contributed by atoms with van der Waals surface area (Å²) in [6, 6.07) is 9.06. The minimum absolute atomic E-state index is 1.11. The van der Waals surface area contributed by atoms with E-state index in [4.69, 9.17) is 0 Å². The highest BCUT2D eigenvalue weighted by Crippen LogP contribution is 2.09. The Labute approximate surface area is 126 Å². The molecule has 1 aliphatic heterocycles. The summed E-state index contributed by atoms with van der Waals surface area (Å²) in [5.74, 6) is 0. The van der Waals surface area contributed by atoms with Crippen LogP contribution in [0.3, 0.4) is 0 Å². The lowest BCUT2D eigenvalue weighted by Gasteiger charge is -2.32. The zero-order valence-electron chi connectivity index (χ0n) is 14.4. The topological polar surface area (TPSA) is 6.48 Å². The Hall–Kier alpha value is -0.860. The van der Waals surface area contributed by atoms with Gasteiger partial charge in [-0.1, -0.05) is 58.9 Å². The van der Waals surface area contributed by atoms with E-state index in [9.17, 15) is 0 Å². The van der Waals surface area contributed by atoms with Crippen LogP contribution in [0, 0.1) is 0 Å². The fraction of sp³-hybridized carbons (Fsp3) is 0.667. The van der Waals surface area contributed by atoms with Crippen LogP contribution in [0.2, 0.25) is 0 Å². The number of hydrogen-bond donors (Lipinski definition) is 0. The number of piperazine rings is 1. The number of aryl methyl sites for hydroxylation is 1. The fourth-order valence-electron chi connectivity index (χ4n) is 2.14. The van der Waals surface area contributed by atoms with Gasteiger partial charge in [0.2, 0.25) is 0 Å². The molecule has 1 heterocycles. The van der Waals surface area contributed by atoms with Crippen molar-refractivity contribution in [3.63, 3.8) is 0 Å². The van der Waals surface area contributed by atoms with Gasteiger partial charge in [0.15, 0.2) is 0 Å². The van der Waals surface area contributed by atoms with E-state index in [1.54, 1.807) is 0 Å². The van der Waals surface area contributed by atoms with Crippen LogP contribution in [0.25, 0.3) is 0 Å². The first-order valence-electron chi connectivity index (χ1n) is 8.26. The normalized spacial score (nSPS) is 15.7. The van der Waals surface area contributed by atoms with E-state index in [0.29, 0.717) is 0 Å². The van der Waals surface area contributed by atoms with E-state index in [0.717, 1.165) is 13.0 Å². The third kappa shape index (κ3) is 7.06. The van der Waals surface area contributed by atoms with Gasteiger partial charge in [0.05, 0.1) is 0 Å². The van der Waals surface area contributed by atoms with Crippen molar-refractivity contribution < 1.29 is 0 Å². The first kappa shape index (κ1) is 19.1. The lowest BCUT2D eigenvalue weighted by molar-refractivity contribution is 0.148. The minimum Gasteiger partial charge on any atom is -0.304 e. The summed E-state index contributed by atoms with van der Waals surface area (Å²) >= 11 is 0. The zero-order chi connectivity index (χ0) is 15.4. The number of hydrogen-bond acceptors (Lipinski definition) is 2. The van der Waals surface area contributed by atoms with E-state index in [-0.39, 0.29) is 0 Å². The smallest absolute Gasteiger partial charge is 0.0234 e. The molecule has 0 saturated carbocycles. The molecule has 2 heteroatoms. The molecule has 0 aliphatic carbocycles. The molecule has 2 rings (SSSR count). The highest BCUT2D eigenvalue weighted by molar-refractivity contribution is 5.22. The van der Waals surface area contributed by atoms with Crippen LogP contribution in [0.15, 0.2) is 24.3 Å². The third-order valence-corrected chi connectivity index (χ3v) is 3.43. The van der Waals surface area contributed by atoms with Crippen LogP contribution in [-0.4, -0.2) is 43.0 Å². The molecule has 0 atom stereocenters. The number of likely N-dealkylation sites (N-methyl/N-ethyl adjacent to an activating group) is 1. The predicted molar refractivity (Wildman–Crippen MR) is 91.3 cm³/mol. The summed E-state index contributed by atoms with van der Waals surface area (Å²) in [6.45, 7) is 16.1. The quantitative estimate of drug-likeness (QED) is 0.823. The molecule has 1 aromatic rings. The standard InChI is InChI=1S/C14H22N2.2C2H6/c1-3-13-4-6-14(7-5-13)12-16-10-8-15(2)9-11-16;2*1-2/h4-7H,3,8-12H2,1-2H3;2*1-2H3. The van der Waals surface area contributed by atoms with Gasteiger partial charge >= 0.3 is 0 Å². The predicted octanol–water partition coefficient (Wildman–Crippen LogP) is 4.05. The molecule has 2 nitrogen and oxygen atoms in total. The van der Waals surface area contributed by atoms with Crippen LogP contribution in [0.4, 0.5) is 0 Å².